The monoisotopic (exact) mass is 258 g/mol. The van der Waals surface area contributed by atoms with Gasteiger partial charge in [0.15, 0.2) is 0 Å². The Morgan fingerprint density at radius 1 is 1.31 bits per heavy atom. The zero-order valence-electron chi connectivity index (χ0n) is 9.03. The Morgan fingerprint density at radius 2 is 2.00 bits per heavy atom. The molecule has 0 saturated carbocycles. The Hall–Kier alpha value is -0.520. The number of rotatable bonds is 4. The lowest BCUT2D eigenvalue weighted by atomic mass is 10.4. The van der Waals surface area contributed by atoms with Crippen molar-refractivity contribution in [2.45, 2.75) is 0 Å². The van der Waals surface area contributed by atoms with E-state index in [-0.39, 0.29) is 0 Å². The summed E-state index contributed by atoms with van der Waals surface area (Å²) in [5.74, 6) is 3.14. The zero-order chi connectivity index (χ0) is 11.2. The van der Waals surface area contributed by atoms with E-state index in [1.165, 1.54) is 24.6 Å². The van der Waals surface area contributed by atoms with E-state index in [0.717, 1.165) is 13.1 Å². The molecule has 0 aliphatic carbocycles. The van der Waals surface area contributed by atoms with Crippen LogP contribution in [0.5, 0.6) is 0 Å². The van der Waals surface area contributed by atoms with Crippen LogP contribution in [-0.2, 0) is 0 Å². The quantitative estimate of drug-likeness (QED) is 0.888. The second-order valence-corrected chi connectivity index (χ2v) is 5.27. The van der Waals surface area contributed by atoms with Gasteiger partial charge in [-0.1, -0.05) is 11.6 Å². The van der Waals surface area contributed by atoms with Gasteiger partial charge >= 0.3 is 0 Å². The third-order valence-electron chi connectivity index (χ3n) is 2.44. The number of halogens is 1. The van der Waals surface area contributed by atoms with Gasteiger partial charge < -0.3 is 5.32 Å². The van der Waals surface area contributed by atoms with Crippen LogP contribution in [0.4, 0.5) is 5.95 Å². The summed E-state index contributed by atoms with van der Waals surface area (Å²) >= 11 is 7.73. The van der Waals surface area contributed by atoms with E-state index in [0.29, 0.717) is 11.0 Å². The van der Waals surface area contributed by atoms with Crippen LogP contribution in [0.25, 0.3) is 0 Å². The van der Waals surface area contributed by atoms with Crippen molar-refractivity contribution in [2.24, 2.45) is 0 Å². The van der Waals surface area contributed by atoms with Crippen LogP contribution in [0.3, 0.4) is 0 Å². The molecule has 16 heavy (non-hydrogen) atoms. The molecule has 0 bridgehead atoms. The number of thioether (sulfide) groups is 1. The molecule has 88 valence electrons. The Kier molecular flexibility index (Phi) is 4.69. The number of aromatic nitrogens is 2. The maximum atomic E-state index is 5.70. The standard InChI is InChI=1S/C10H15ClN4S/c11-9-7-13-10(14-8-9)12-1-2-15-3-5-16-6-4-15/h7-8H,1-6H2,(H,12,13,14). The third kappa shape index (κ3) is 3.81. The van der Waals surface area contributed by atoms with Gasteiger partial charge in [0.1, 0.15) is 0 Å². The predicted molar refractivity (Wildman–Crippen MR) is 69.3 cm³/mol. The minimum atomic E-state index is 0.568. The van der Waals surface area contributed by atoms with Crippen LogP contribution >= 0.6 is 23.4 Å². The molecule has 1 fully saturated rings. The molecule has 1 aliphatic heterocycles. The highest BCUT2D eigenvalue weighted by atomic mass is 35.5. The number of anilines is 1. The van der Waals surface area contributed by atoms with Gasteiger partial charge in [-0.3, -0.25) is 4.90 Å². The molecular weight excluding hydrogens is 244 g/mol. The smallest absolute Gasteiger partial charge is 0.222 e. The second kappa shape index (κ2) is 6.27. The summed E-state index contributed by atoms with van der Waals surface area (Å²) in [4.78, 5) is 10.6. The minimum Gasteiger partial charge on any atom is -0.353 e. The summed E-state index contributed by atoms with van der Waals surface area (Å²) < 4.78 is 0. The van der Waals surface area contributed by atoms with Gasteiger partial charge in [-0.2, -0.15) is 11.8 Å². The van der Waals surface area contributed by atoms with Gasteiger partial charge in [-0.25, -0.2) is 9.97 Å². The molecule has 0 amide bonds. The van der Waals surface area contributed by atoms with Gasteiger partial charge in [0.05, 0.1) is 17.4 Å². The lowest BCUT2D eigenvalue weighted by Crippen LogP contribution is -2.36. The van der Waals surface area contributed by atoms with E-state index in [2.05, 4.69) is 20.2 Å². The van der Waals surface area contributed by atoms with Crippen LogP contribution in [0.1, 0.15) is 0 Å². The number of hydrogen-bond donors (Lipinski definition) is 1. The predicted octanol–water partition coefficient (Wildman–Crippen LogP) is 1.59. The van der Waals surface area contributed by atoms with E-state index in [9.17, 15) is 0 Å². The van der Waals surface area contributed by atoms with Gasteiger partial charge in [-0.15, -0.1) is 0 Å². The topological polar surface area (TPSA) is 41.1 Å². The first-order valence-corrected chi connectivity index (χ1v) is 6.89. The molecule has 2 heterocycles. The van der Waals surface area contributed by atoms with Crippen LogP contribution in [0.15, 0.2) is 12.4 Å². The van der Waals surface area contributed by atoms with Crippen molar-refractivity contribution in [3.05, 3.63) is 17.4 Å². The van der Waals surface area contributed by atoms with Crippen molar-refractivity contribution in [3.8, 4) is 0 Å². The van der Waals surface area contributed by atoms with Crippen LogP contribution < -0.4 is 5.32 Å². The Balaban J connectivity index is 1.69. The lowest BCUT2D eigenvalue weighted by Gasteiger charge is -2.25. The highest BCUT2D eigenvalue weighted by Gasteiger charge is 2.09. The minimum absolute atomic E-state index is 0.568. The number of nitrogens with one attached hydrogen (secondary N) is 1. The summed E-state index contributed by atoms with van der Waals surface area (Å²) in [7, 11) is 0. The van der Waals surface area contributed by atoms with E-state index in [4.69, 9.17) is 11.6 Å². The van der Waals surface area contributed by atoms with Crippen LogP contribution in [0, 0.1) is 0 Å². The molecule has 0 atom stereocenters. The molecule has 1 aromatic rings. The van der Waals surface area contributed by atoms with Gasteiger partial charge in [0, 0.05) is 37.7 Å². The van der Waals surface area contributed by atoms with E-state index < -0.39 is 0 Å². The van der Waals surface area contributed by atoms with Gasteiger partial charge in [-0.05, 0) is 0 Å². The molecule has 6 heteroatoms. The Morgan fingerprint density at radius 3 is 2.69 bits per heavy atom. The number of hydrogen-bond acceptors (Lipinski definition) is 5. The van der Waals surface area contributed by atoms with Gasteiger partial charge in [0.25, 0.3) is 0 Å². The van der Waals surface area contributed by atoms with Gasteiger partial charge in [0.2, 0.25) is 5.95 Å². The SMILES string of the molecule is Clc1cnc(NCCN2CCSCC2)nc1. The highest BCUT2D eigenvalue weighted by Crippen LogP contribution is 2.09. The van der Waals surface area contributed by atoms with Crippen molar-refractivity contribution in [1.82, 2.24) is 14.9 Å². The largest absolute Gasteiger partial charge is 0.353 e. The molecule has 0 radical (unpaired) electrons. The molecule has 1 aromatic heterocycles. The molecule has 2 rings (SSSR count). The fraction of sp³-hybridized carbons (Fsp3) is 0.600. The van der Waals surface area contributed by atoms with E-state index in [1.54, 1.807) is 12.4 Å². The van der Waals surface area contributed by atoms with Crippen molar-refractivity contribution < 1.29 is 0 Å². The van der Waals surface area contributed by atoms with Crippen LogP contribution in [-0.4, -0.2) is 52.6 Å². The summed E-state index contributed by atoms with van der Waals surface area (Å²) in [6.07, 6.45) is 3.21. The van der Waals surface area contributed by atoms with Crippen molar-refractivity contribution in [3.63, 3.8) is 0 Å². The maximum Gasteiger partial charge on any atom is 0.222 e. The normalized spacial score (nSPS) is 17.3. The molecule has 4 nitrogen and oxygen atoms in total. The van der Waals surface area contributed by atoms with E-state index >= 15 is 0 Å². The summed E-state index contributed by atoms with van der Waals surface area (Å²) in [5.41, 5.74) is 0. The molecule has 1 N–H and O–H groups in total. The zero-order valence-corrected chi connectivity index (χ0v) is 10.6. The Labute approximate surface area is 105 Å². The summed E-state index contributed by atoms with van der Waals surface area (Å²) in [6.45, 7) is 4.31. The van der Waals surface area contributed by atoms with Crippen molar-refractivity contribution in [1.29, 1.82) is 0 Å². The van der Waals surface area contributed by atoms with Crippen molar-refractivity contribution >= 4 is 29.3 Å². The lowest BCUT2D eigenvalue weighted by molar-refractivity contribution is 0.314. The summed E-state index contributed by atoms with van der Waals surface area (Å²) in [6, 6.07) is 0. The first-order chi connectivity index (χ1) is 7.84. The summed E-state index contributed by atoms with van der Waals surface area (Å²) in [5, 5.41) is 3.76. The van der Waals surface area contributed by atoms with Crippen LogP contribution in [0.2, 0.25) is 5.02 Å². The first-order valence-electron chi connectivity index (χ1n) is 5.36. The average molecular weight is 259 g/mol. The molecule has 1 aliphatic rings. The Bertz CT molecular complexity index is 313. The second-order valence-electron chi connectivity index (χ2n) is 3.61. The van der Waals surface area contributed by atoms with Crippen molar-refractivity contribution in [2.75, 3.05) is 43.0 Å². The molecule has 1 saturated heterocycles. The maximum absolute atomic E-state index is 5.70. The number of nitrogens with zero attached hydrogens (tertiary/aromatic N) is 3. The molecule has 0 spiro atoms. The van der Waals surface area contributed by atoms with E-state index in [1.807, 2.05) is 11.8 Å². The fourth-order valence-electron chi connectivity index (χ4n) is 1.55. The third-order valence-corrected chi connectivity index (χ3v) is 3.57. The molecule has 0 aromatic carbocycles. The fourth-order valence-corrected chi connectivity index (χ4v) is 2.63. The average Bonchev–Trinajstić information content (AvgIpc) is 2.33. The first kappa shape index (κ1) is 12.0. The molecule has 0 unspecified atom stereocenters. The highest BCUT2D eigenvalue weighted by molar-refractivity contribution is 7.99. The molecular formula is C10H15ClN4S.